The van der Waals surface area contributed by atoms with Gasteiger partial charge in [-0.05, 0) is 35.4 Å². The highest BCUT2D eigenvalue weighted by molar-refractivity contribution is 6.30. The van der Waals surface area contributed by atoms with Crippen molar-refractivity contribution in [1.82, 2.24) is 0 Å². The van der Waals surface area contributed by atoms with Crippen molar-refractivity contribution in [2.75, 3.05) is 6.61 Å². The Labute approximate surface area is 112 Å². The van der Waals surface area contributed by atoms with E-state index in [0.717, 1.165) is 28.3 Å². The van der Waals surface area contributed by atoms with Gasteiger partial charge in [0.05, 0.1) is 13.2 Å². The molecule has 3 heteroatoms. The van der Waals surface area contributed by atoms with Crippen LogP contribution in [0.3, 0.4) is 0 Å². The molecule has 1 N–H and O–H groups in total. The van der Waals surface area contributed by atoms with Crippen molar-refractivity contribution in [1.29, 1.82) is 0 Å². The SMILES string of the molecule is OCc1ccc(OCCc2cccc(Cl)c2)cc1. The fourth-order valence-electron chi connectivity index (χ4n) is 1.67. The van der Waals surface area contributed by atoms with Crippen molar-refractivity contribution < 1.29 is 9.84 Å². The molecule has 94 valence electrons. The van der Waals surface area contributed by atoms with Gasteiger partial charge in [-0.1, -0.05) is 35.9 Å². The molecule has 0 aliphatic carbocycles. The van der Waals surface area contributed by atoms with Crippen LogP contribution in [-0.2, 0) is 13.0 Å². The zero-order valence-corrected chi connectivity index (χ0v) is 10.7. The quantitative estimate of drug-likeness (QED) is 0.894. The molecule has 0 unspecified atom stereocenters. The Morgan fingerprint density at radius 1 is 1.00 bits per heavy atom. The Balaban J connectivity index is 1.84. The van der Waals surface area contributed by atoms with Gasteiger partial charge in [-0.2, -0.15) is 0 Å². The largest absolute Gasteiger partial charge is 0.493 e. The number of rotatable bonds is 5. The van der Waals surface area contributed by atoms with Crippen molar-refractivity contribution in [3.05, 3.63) is 64.7 Å². The number of ether oxygens (including phenoxy) is 1. The van der Waals surface area contributed by atoms with Crippen LogP contribution in [0.1, 0.15) is 11.1 Å². The molecule has 0 amide bonds. The van der Waals surface area contributed by atoms with Crippen LogP contribution in [0.5, 0.6) is 5.75 Å². The molecule has 2 rings (SSSR count). The van der Waals surface area contributed by atoms with E-state index in [0.29, 0.717) is 6.61 Å². The maximum atomic E-state index is 8.93. The number of halogens is 1. The monoisotopic (exact) mass is 262 g/mol. The first-order valence-corrected chi connectivity index (χ1v) is 6.23. The van der Waals surface area contributed by atoms with Crippen LogP contribution >= 0.6 is 11.6 Å². The number of hydrogen-bond donors (Lipinski definition) is 1. The number of hydrogen-bond acceptors (Lipinski definition) is 2. The molecule has 2 aromatic carbocycles. The molecule has 2 nitrogen and oxygen atoms in total. The lowest BCUT2D eigenvalue weighted by Crippen LogP contribution is -2.01. The molecule has 2 aromatic rings. The molecular weight excluding hydrogens is 248 g/mol. The molecule has 18 heavy (non-hydrogen) atoms. The summed E-state index contributed by atoms with van der Waals surface area (Å²) in [6.07, 6.45) is 0.822. The van der Waals surface area contributed by atoms with E-state index in [1.165, 1.54) is 0 Å². The number of aliphatic hydroxyl groups is 1. The molecule has 0 bridgehead atoms. The predicted octanol–water partition coefficient (Wildman–Crippen LogP) is 3.45. The van der Waals surface area contributed by atoms with Crippen LogP contribution in [0, 0.1) is 0 Å². The summed E-state index contributed by atoms with van der Waals surface area (Å²) in [7, 11) is 0. The van der Waals surface area contributed by atoms with Crippen molar-refractivity contribution in [3.63, 3.8) is 0 Å². The zero-order valence-electron chi connectivity index (χ0n) is 9.97. The van der Waals surface area contributed by atoms with Gasteiger partial charge in [0.25, 0.3) is 0 Å². The summed E-state index contributed by atoms with van der Waals surface area (Å²) < 4.78 is 5.62. The van der Waals surface area contributed by atoms with Gasteiger partial charge in [0.2, 0.25) is 0 Å². The summed E-state index contributed by atoms with van der Waals surface area (Å²) in [6, 6.07) is 15.2. The molecule has 0 fully saturated rings. The minimum Gasteiger partial charge on any atom is -0.493 e. The second kappa shape index (κ2) is 6.43. The maximum Gasteiger partial charge on any atom is 0.119 e. The van der Waals surface area contributed by atoms with Gasteiger partial charge in [0.15, 0.2) is 0 Å². The van der Waals surface area contributed by atoms with Crippen LogP contribution in [0.4, 0.5) is 0 Å². The fraction of sp³-hybridized carbons (Fsp3) is 0.200. The normalized spacial score (nSPS) is 10.3. The average molecular weight is 263 g/mol. The van der Waals surface area contributed by atoms with E-state index >= 15 is 0 Å². The molecule has 0 aliphatic heterocycles. The Morgan fingerprint density at radius 2 is 1.78 bits per heavy atom. The van der Waals surface area contributed by atoms with Crippen molar-refractivity contribution in [2.45, 2.75) is 13.0 Å². The molecule has 0 spiro atoms. The van der Waals surface area contributed by atoms with Gasteiger partial charge >= 0.3 is 0 Å². The zero-order chi connectivity index (χ0) is 12.8. The molecule has 0 aromatic heterocycles. The van der Waals surface area contributed by atoms with Gasteiger partial charge in [-0.3, -0.25) is 0 Å². The standard InChI is InChI=1S/C15H15ClO2/c16-14-3-1-2-12(10-14)8-9-18-15-6-4-13(11-17)5-7-15/h1-7,10,17H,8-9,11H2. The van der Waals surface area contributed by atoms with E-state index in [1.807, 2.05) is 48.5 Å². The van der Waals surface area contributed by atoms with Crippen LogP contribution in [0.2, 0.25) is 5.02 Å². The lowest BCUT2D eigenvalue weighted by Gasteiger charge is -2.07. The first-order valence-electron chi connectivity index (χ1n) is 5.85. The molecule has 0 atom stereocenters. The van der Waals surface area contributed by atoms with Crippen molar-refractivity contribution >= 4 is 11.6 Å². The highest BCUT2D eigenvalue weighted by atomic mass is 35.5. The highest BCUT2D eigenvalue weighted by Gasteiger charge is 1.97. The Kier molecular flexibility index (Phi) is 4.62. The van der Waals surface area contributed by atoms with Gasteiger partial charge in [0.1, 0.15) is 5.75 Å². The first-order chi connectivity index (χ1) is 8.78. The van der Waals surface area contributed by atoms with E-state index in [-0.39, 0.29) is 6.61 Å². The van der Waals surface area contributed by atoms with E-state index < -0.39 is 0 Å². The summed E-state index contributed by atoms with van der Waals surface area (Å²) in [5.74, 6) is 0.814. The average Bonchev–Trinajstić information content (AvgIpc) is 2.40. The van der Waals surface area contributed by atoms with E-state index in [2.05, 4.69) is 0 Å². The third-order valence-corrected chi connectivity index (χ3v) is 2.89. The minimum atomic E-state index is 0.0583. The smallest absolute Gasteiger partial charge is 0.119 e. The highest BCUT2D eigenvalue weighted by Crippen LogP contribution is 2.14. The third-order valence-electron chi connectivity index (χ3n) is 2.65. The summed E-state index contributed by atoms with van der Waals surface area (Å²) in [4.78, 5) is 0. The number of benzene rings is 2. The summed E-state index contributed by atoms with van der Waals surface area (Å²) in [6.45, 7) is 0.668. The van der Waals surface area contributed by atoms with Crippen LogP contribution in [0.15, 0.2) is 48.5 Å². The molecular formula is C15H15ClO2. The Morgan fingerprint density at radius 3 is 2.44 bits per heavy atom. The van der Waals surface area contributed by atoms with Crippen molar-refractivity contribution in [3.8, 4) is 5.75 Å². The molecule has 0 heterocycles. The molecule has 0 saturated carbocycles. The van der Waals surface area contributed by atoms with Gasteiger partial charge in [-0.25, -0.2) is 0 Å². The van der Waals surface area contributed by atoms with E-state index in [1.54, 1.807) is 0 Å². The second-order valence-electron chi connectivity index (χ2n) is 4.03. The van der Waals surface area contributed by atoms with Gasteiger partial charge < -0.3 is 9.84 Å². The summed E-state index contributed by atoms with van der Waals surface area (Å²) in [5, 5.41) is 9.68. The summed E-state index contributed by atoms with van der Waals surface area (Å²) >= 11 is 5.91. The van der Waals surface area contributed by atoms with Crippen LogP contribution in [-0.4, -0.2) is 11.7 Å². The van der Waals surface area contributed by atoms with Gasteiger partial charge in [0, 0.05) is 11.4 Å². The number of aliphatic hydroxyl groups excluding tert-OH is 1. The molecule has 0 aliphatic rings. The maximum absolute atomic E-state index is 8.93. The van der Waals surface area contributed by atoms with E-state index in [4.69, 9.17) is 21.4 Å². The molecule has 0 saturated heterocycles. The molecule has 0 radical (unpaired) electrons. The minimum absolute atomic E-state index is 0.0583. The summed E-state index contributed by atoms with van der Waals surface area (Å²) in [5.41, 5.74) is 2.05. The lowest BCUT2D eigenvalue weighted by molar-refractivity contribution is 0.281. The lowest BCUT2D eigenvalue weighted by atomic mass is 10.2. The van der Waals surface area contributed by atoms with Gasteiger partial charge in [-0.15, -0.1) is 0 Å². The Hall–Kier alpha value is -1.51. The van der Waals surface area contributed by atoms with Crippen LogP contribution < -0.4 is 4.74 Å². The second-order valence-corrected chi connectivity index (χ2v) is 4.47. The van der Waals surface area contributed by atoms with Crippen LogP contribution in [0.25, 0.3) is 0 Å². The Bertz CT molecular complexity index is 494. The topological polar surface area (TPSA) is 29.5 Å². The predicted molar refractivity (Wildman–Crippen MR) is 73.0 cm³/mol. The van der Waals surface area contributed by atoms with Crippen molar-refractivity contribution in [2.24, 2.45) is 0 Å². The van der Waals surface area contributed by atoms with E-state index in [9.17, 15) is 0 Å². The third kappa shape index (κ3) is 3.76. The first kappa shape index (κ1) is 12.9. The fourth-order valence-corrected chi connectivity index (χ4v) is 1.88.